The molecule has 0 aliphatic carbocycles. The third kappa shape index (κ3) is 6.94. The van der Waals surface area contributed by atoms with E-state index in [2.05, 4.69) is 55.8 Å². The molecule has 0 aromatic heterocycles. The maximum absolute atomic E-state index is 12.7. The number of aryl methyl sites for hydroxylation is 1. The first-order valence-electron chi connectivity index (χ1n) is 10.4. The maximum Gasteiger partial charge on any atom is 0.162 e. The molecule has 1 aromatic carbocycles. The van der Waals surface area contributed by atoms with Gasteiger partial charge in [-0.25, -0.2) is 0 Å². The minimum atomic E-state index is 0.286. The summed E-state index contributed by atoms with van der Waals surface area (Å²) >= 11 is 3.76. The third-order valence-corrected chi connectivity index (χ3v) is 7.58. The summed E-state index contributed by atoms with van der Waals surface area (Å²) in [5.74, 6) is 3.71. The molecule has 3 nitrogen and oxygen atoms in total. The lowest BCUT2D eigenvalue weighted by Gasteiger charge is -2.30. The number of carbonyl (C=O) groups excluding carboxylic acids is 1. The molecule has 0 bridgehead atoms. The van der Waals surface area contributed by atoms with Gasteiger partial charge >= 0.3 is 0 Å². The van der Waals surface area contributed by atoms with Crippen LogP contribution in [0.3, 0.4) is 0 Å². The first kappa shape index (κ1) is 22.5. The fourth-order valence-corrected chi connectivity index (χ4v) is 5.07. The molecule has 152 valence electrons. The van der Waals surface area contributed by atoms with E-state index in [4.69, 9.17) is 0 Å². The van der Waals surface area contributed by atoms with Crippen molar-refractivity contribution >= 4 is 41.1 Å². The normalized spacial score (nSPS) is 13.6. The number of hydrogen-bond acceptors (Lipinski definition) is 5. The van der Waals surface area contributed by atoms with Crippen LogP contribution in [0.5, 0.6) is 0 Å². The molecule has 0 saturated carbocycles. The summed E-state index contributed by atoms with van der Waals surface area (Å²) in [6.45, 7) is 12.2. The van der Waals surface area contributed by atoms with Crippen molar-refractivity contribution in [2.45, 2.75) is 66.7 Å². The number of hydrogen-bond donors (Lipinski definition) is 1. The van der Waals surface area contributed by atoms with Crippen molar-refractivity contribution in [3.63, 3.8) is 0 Å². The van der Waals surface area contributed by atoms with Gasteiger partial charge in [0.1, 0.15) is 0 Å². The molecule has 0 spiro atoms. The van der Waals surface area contributed by atoms with E-state index in [1.165, 1.54) is 16.9 Å². The van der Waals surface area contributed by atoms with Crippen LogP contribution in [0.4, 0.5) is 11.4 Å². The largest absolute Gasteiger partial charge is 0.383 e. The van der Waals surface area contributed by atoms with Gasteiger partial charge < -0.3 is 5.32 Å². The second kappa shape index (κ2) is 11.3. The number of unbranched alkanes of at least 4 members (excludes halogenated alkanes) is 1. The van der Waals surface area contributed by atoms with E-state index in [0.29, 0.717) is 18.3 Å². The lowest BCUT2D eigenvalue weighted by molar-refractivity contribution is 0.0979. The number of nitrogens with zero attached hydrogens (tertiary/aromatic N) is 1. The van der Waals surface area contributed by atoms with E-state index in [1.807, 2.05) is 23.9 Å². The fraction of sp³-hybridized carbons (Fsp3) is 0.682. The summed E-state index contributed by atoms with van der Waals surface area (Å²) in [5.41, 5.74) is 4.62. The minimum absolute atomic E-state index is 0.286. The number of fused-ring (bicyclic) bond motifs is 1. The summed E-state index contributed by atoms with van der Waals surface area (Å²) < 4.78 is 2.37. The van der Waals surface area contributed by atoms with Crippen molar-refractivity contribution < 1.29 is 4.79 Å². The van der Waals surface area contributed by atoms with Gasteiger partial charge in [-0.3, -0.25) is 8.51 Å². The summed E-state index contributed by atoms with van der Waals surface area (Å²) in [5, 5.41) is 3.62. The van der Waals surface area contributed by atoms with Crippen LogP contribution in [0.2, 0.25) is 0 Å². The summed E-state index contributed by atoms with van der Waals surface area (Å²) in [4.78, 5) is 12.7. The lowest BCUT2D eigenvalue weighted by Crippen LogP contribution is -2.18. The van der Waals surface area contributed by atoms with Crippen LogP contribution in [0.25, 0.3) is 0 Å². The summed E-state index contributed by atoms with van der Waals surface area (Å²) in [6.07, 6.45) is 4.88. The Morgan fingerprint density at radius 1 is 1.15 bits per heavy atom. The van der Waals surface area contributed by atoms with Crippen molar-refractivity contribution in [2.75, 3.05) is 27.1 Å². The molecule has 0 fully saturated rings. The quantitative estimate of drug-likeness (QED) is 0.320. The fourth-order valence-electron chi connectivity index (χ4n) is 2.98. The lowest BCUT2D eigenvalue weighted by atomic mass is 9.96. The van der Waals surface area contributed by atoms with E-state index in [1.54, 1.807) is 0 Å². The molecule has 1 aliphatic heterocycles. The number of benzene rings is 1. The highest BCUT2D eigenvalue weighted by molar-refractivity contribution is 8.18. The van der Waals surface area contributed by atoms with E-state index >= 15 is 0 Å². The predicted molar refractivity (Wildman–Crippen MR) is 124 cm³/mol. The van der Waals surface area contributed by atoms with Crippen molar-refractivity contribution in [3.8, 4) is 0 Å². The second-order valence-electron chi connectivity index (χ2n) is 8.22. The third-order valence-electron chi connectivity index (χ3n) is 4.45. The van der Waals surface area contributed by atoms with Crippen LogP contribution < -0.4 is 9.03 Å². The first-order valence-corrected chi connectivity index (χ1v) is 12.3. The van der Waals surface area contributed by atoms with Gasteiger partial charge in [0.15, 0.2) is 5.78 Å². The van der Waals surface area contributed by atoms with Crippen molar-refractivity contribution in [1.29, 1.82) is 0 Å². The van der Waals surface area contributed by atoms with Gasteiger partial charge in [0.2, 0.25) is 0 Å². The Kier molecular flexibility index (Phi) is 9.37. The zero-order valence-corrected chi connectivity index (χ0v) is 19.3. The average molecular weight is 409 g/mol. The van der Waals surface area contributed by atoms with Gasteiger partial charge in [-0.05, 0) is 72.7 Å². The molecule has 0 unspecified atom stereocenters. The Morgan fingerprint density at radius 3 is 2.41 bits per heavy atom. The Labute approximate surface area is 174 Å². The van der Waals surface area contributed by atoms with Gasteiger partial charge in [0, 0.05) is 30.0 Å². The van der Waals surface area contributed by atoms with Crippen LogP contribution in [0, 0.1) is 11.8 Å². The van der Waals surface area contributed by atoms with Crippen LogP contribution >= 0.6 is 23.9 Å². The zero-order chi connectivity index (χ0) is 19.8. The van der Waals surface area contributed by atoms with E-state index in [0.717, 1.165) is 49.3 Å². The van der Waals surface area contributed by atoms with E-state index in [-0.39, 0.29) is 5.78 Å². The predicted octanol–water partition coefficient (Wildman–Crippen LogP) is 6.83. The molecule has 0 atom stereocenters. The first-order chi connectivity index (χ1) is 12.9. The molecular formula is C22H36N2OS2. The number of anilines is 2. The van der Waals surface area contributed by atoms with Crippen molar-refractivity contribution in [1.82, 2.24) is 0 Å². The van der Waals surface area contributed by atoms with Gasteiger partial charge in [-0.15, -0.1) is 0 Å². The molecule has 0 amide bonds. The number of Topliss-reactive ketones (excluding diaryl/α,β-unsaturated/α-hetero) is 1. The highest BCUT2D eigenvalue weighted by Crippen LogP contribution is 2.42. The average Bonchev–Trinajstić information content (AvgIpc) is 2.65. The molecule has 0 radical (unpaired) electrons. The minimum Gasteiger partial charge on any atom is -0.383 e. The Hall–Kier alpha value is -0.810. The van der Waals surface area contributed by atoms with Gasteiger partial charge in [0.05, 0.1) is 11.4 Å². The Balaban J connectivity index is 2.36. The molecule has 1 heterocycles. The molecule has 1 aromatic rings. The Bertz CT molecular complexity index is 605. The van der Waals surface area contributed by atoms with Crippen LogP contribution in [0.15, 0.2) is 12.1 Å². The molecule has 0 saturated heterocycles. The van der Waals surface area contributed by atoms with Crippen molar-refractivity contribution in [3.05, 3.63) is 23.3 Å². The highest BCUT2D eigenvalue weighted by Gasteiger charge is 2.22. The van der Waals surface area contributed by atoms with Crippen LogP contribution in [-0.4, -0.2) is 23.8 Å². The standard InChI is InChI=1S/C22H36N2OS2/c1-6-7-10-21(25)19-12-18-9-8-11-23-22(18)20(13-19)24(26-14-16(2)3)27-15-17(4)5/h12-13,16-17,23H,6-11,14-15H2,1-5H3. The van der Waals surface area contributed by atoms with Gasteiger partial charge in [-0.1, -0.05) is 41.0 Å². The number of rotatable bonds is 11. The smallest absolute Gasteiger partial charge is 0.162 e. The van der Waals surface area contributed by atoms with E-state index in [9.17, 15) is 4.79 Å². The molecule has 27 heavy (non-hydrogen) atoms. The maximum atomic E-state index is 12.7. The second-order valence-corrected chi connectivity index (χ2v) is 10.4. The van der Waals surface area contributed by atoms with E-state index < -0.39 is 0 Å². The molecule has 5 heteroatoms. The molecular weight excluding hydrogens is 372 g/mol. The van der Waals surface area contributed by atoms with Crippen molar-refractivity contribution in [2.24, 2.45) is 11.8 Å². The molecule has 2 rings (SSSR count). The zero-order valence-electron chi connectivity index (χ0n) is 17.6. The topological polar surface area (TPSA) is 32.3 Å². The SMILES string of the molecule is CCCCC(=O)c1cc2c(c(N(SCC(C)C)SCC(C)C)c1)NCCC2. The number of carbonyl (C=O) groups is 1. The molecule has 1 N–H and O–H groups in total. The number of ketones is 1. The summed E-state index contributed by atoms with van der Waals surface area (Å²) in [7, 11) is 0. The van der Waals surface area contributed by atoms with Crippen LogP contribution in [0.1, 0.15) is 76.2 Å². The van der Waals surface area contributed by atoms with Gasteiger partial charge in [0.25, 0.3) is 0 Å². The monoisotopic (exact) mass is 408 g/mol. The number of nitrogens with one attached hydrogen (secondary N) is 1. The Morgan fingerprint density at radius 2 is 1.81 bits per heavy atom. The summed E-state index contributed by atoms with van der Waals surface area (Å²) in [6, 6.07) is 4.27. The molecule has 1 aliphatic rings. The van der Waals surface area contributed by atoms with Crippen LogP contribution in [-0.2, 0) is 6.42 Å². The van der Waals surface area contributed by atoms with Gasteiger partial charge in [-0.2, -0.15) is 0 Å². The highest BCUT2D eigenvalue weighted by atomic mass is 32.2.